The summed E-state index contributed by atoms with van der Waals surface area (Å²) in [5, 5.41) is 2.68. The molecular weight excluding hydrogens is 350 g/mol. The summed E-state index contributed by atoms with van der Waals surface area (Å²) in [6.07, 6.45) is 3.70. The van der Waals surface area contributed by atoms with Gasteiger partial charge in [-0.3, -0.25) is 9.59 Å². The topological polar surface area (TPSA) is 105 Å². The van der Waals surface area contributed by atoms with Crippen molar-refractivity contribution in [3.8, 4) is 0 Å². The third-order valence-corrected chi connectivity index (χ3v) is 4.23. The molecule has 3 rings (SSSR count). The number of hydrogen-bond acceptors (Lipinski definition) is 7. The van der Waals surface area contributed by atoms with Crippen molar-refractivity contribution in [3.63, 3.8) is 0 Å². The predicted octanol–water partition coefficient (Wildman–Crippen LogP) is 0.794. The van der Waals surface area contributed by atoms with Gasteiger partial charge in [-0.05, 0) is 12.1 Å². The standard InChI is InChI=1S/C18H19N5O4/c1-27-17(26)14-4-2-3-5-15(14)21-16(25)13-10-19-18(20-11-13)23-8-6-22(12-24)7-9-23/h2-5,10-12H,6-9H2,1H3,(H,21,25). The minimum atomic E-state index is -0.535. The summed E-state index contributed by atoms with van der Waals surface area (Å²) >= 11 is 0. The monoisotopic (exact) mass is 369 g/mol. The number of rotatable bonds is 5. The van der Waals surface area contributed by atoms with E-state index in [-0.39, 0.29) is 11.1 Å². The summed E-state index contributed by atoms with van der Waals surface area (Å²) in [6, 6.07) is 6.58. The van der Waals surface area contributed by atoms with Gasteiger partial charge in [0.25, 0.3) is 5.91 Å². The van der Waals surface area contributed by atoms with E-state index in [0.717, 1.165) is 6.41 Å². The third kappa shape index (κ3) is 4.20. The fourth-order valence-electron chi connectivity index (χ4n) is 2.70. The van der Waals surface area contributed by atoms with Crippen LogP contribution in [0, 0.1) is 0 Å². The van der Waals surface area contributed by atoms with E-state index in [0.29, 0.717) is 37.8 Å². The average Bonchev–Trinajstić information content (AvgIpc) is 2.73. The maximum Gasteiger partial charge on any atom is 0.339 e. The lowest BCUT2D eigenvalue weighted by Gasteiger charge is -2.32. The molecule has 9 nitrogen and oxygen atoms in total. The van der Waals surface area contributed by atoms with Gasteiger partial charge in [0.2, 0.25) is 12.4 Å². The van der Waals surface area contributed by atoms with Gasteiger partial charge >= 0.3 is 5.97 Å². The molecule has 1 aliphatic rings. The molecule has 1 aliphatic heterocycles. The minimum absolute atomic E-state index is 0.263. The average molecular weight is 369 g/mol. The molecule has 0 radical (unpaired) electrons. The van der Waals surface area contributed by atoms with Crippen molar-refractivity contribution in [1.82, 2.24) is 14.9 Å². The number of carbonyl (C=O) groups excluding carboxylic acids is 3. The normalized spacial score (nSPS) is 13.8. The van der Waals surface area contributed by atoms with E-state index in [2.05, 4.69) is 15.3 Å². The summed E-state index contributed by atoms with van der Waals surface area (Å²) in [6.45, 7) is 2.49. The lowest BCUT2D eigenvalue weighted by atomic mass is 10.1. The Morgan fingerprint density at radius 1 is 1.11 bits per heavy atom. The molecule has 0 spiro atoms. The van der Waals surface area contributed by atoms with Gasteiger partial charge in [0.15, 0.2) is 0 Å². The first-order valence-corrected chi connectivity index (χ1v) is 8.37. The number of piperazine rings is 1. The van der Waals surface area contributed by atoms with Crippen molar-refractivity contribution in [2.75, 3.05) is 43.5 Å². The van der Waals surface area contributed by atoms with Crippen LogP contribution in [-0.4, -0.2) is 66.4 Å². The van der Waals surface area contributed by atoms with Crippen LogP contribution in [0.15, 0.2) is 36.7 Å². The summed E-state index contributed by atoms with van der Waals surface area (Å²) in [5.41, 5.74) is 0.882. The van der Waals surface area contributed by atoms with Crippen LogP contribution in [0.5, 0.6) is 0 Å². The Labute approximate surface area is 156 Å². The van der Waals surface area contributed by atoms with Gasteiger partial charge in [-0.1, -0.05) is 12.1 Å². The Hall–Kier alpha value is -3.49. The largest absolute Gasteiger partial charge is 0.465 e. The van der Waals surface area contributed by atoms with Gasteiger partial charge in [0, 0.05) is 38.6 Å². The molecule has 0 aliphatic carbocycles. The van der Waals surface area contributed by atoms with Crippen molar-refractivity contribution >= 4 is 29.9 Å². The highest BCUT2D eigenvalue weighted by Gasteiger charge is 2.19. The number of amides is 2. The second kappa shape index (κ2) is 8.26. The number of hydrogen-bond donors (Lipinski definition) is 1. The van der Waals surface area contributed by atoms with E-state index in [1.54, 1.807) is 29.2 Å². The van der Waals surface area contributed by atoms with E-state index in [1.807, 2.05) is 4.90 Å². The van der Waals surface area contributed by atoms with Crippen LogP contribution in [0.2, 0.25) is 0 Å². The Balaban J connectivity index is 1.68. The number of carbonyl (C=O) groups is 3. The predicted molar refractivity (Wildman–Crippen MR) is 97.6 cm³/mol. The number of esters is 1. The summed E-state index contributed by atoms with van der Waals surface area (Å²) in [7, 11) is 1.28. The van der Waals surface area contributed by atoms with Gasteiger partial charge in [-0.25, -0.2) is 14.8 Å². The highest BCUT2D eigenvalue weighted by Crippen LogP contribution is 2.17. The zero-order valence-electron chi connectivity index (χ0n) is 14.8. The van der Waals surface area contributed by atoms with E-state index in [1.165, 1.54) is 19.5 Å². The molecule has 0 unspecified atom stereocenters. The summed E-state index contributed by atoms with van der Waals surface area (Å²) in [4.78, 5) is 47.1. The van der Waals surface area contributed by atoms with E-state index in [4.69, 9.17) is 4.74 Å². The first-order valence-electron chi connectivity index (χ1n) is 8.37. The number of methoxy groups -OCH3 is 1. The molecule has 0 bridgehead atoms. The Morgan fingerprint density at radius 2 is 1.78 bits per heavy atom. The van der Waals surface area contributed by atoms with Gasteiger partial charge in [-0.2, -0.15) is 0 Å². The number of nitrogens with zero attached hydrogens (tertiary/aromatic N) is 4. The fourth-order valence-corrected chi connectivity index (χ4v) is 2.70. The first-order chi connectivity index (χ1) is 13.1. The molecule has 9 heteroatoms. The molecule has 1 saturated heterocycles. The van der Waals surface area contributed by atoms with Crippen molar-refractivity contribution in [2.45, 2.75) is 0 Å². The molecule has 1 aromatic heterocycles. The quantitative estimate of drug-likeness (QED) is 0.614. The molecule has 27 heavy (non-hydrogen) atoms. The molecule has 0 atom stereocenters. The first kappa shape index (κ1) is 18.3. The molecule has 0 saturated carbocycles. The molecule has 140 valence electrons. The van der Waals surface area contributed by atoms with Gasteiger partial charge in [0.05, 0.1) is 23.9 Å². The van der Waals surface area contributed by atoms with Crippen LogP contribution in [-0.2, 0) is 9.53 Å². The van der Waals surface area contributed by atoms with E-state index in [9.17, 15) is 14.4 Å². The number of aromatic nitrogens is 2. The number of benzene rings is 1. The smallest absolute Gasteiger partial charge is 0.339 e. The maximum absolute atomic E-state index is 12.4. The molecule has 1 aromatic carbocycles. The molecule has 2 amide bonds. The summed E-state index contributed by atoms with van der Waals surface area (Å²) < 4.78 is 4.72. The minimum Gasteiger partial charge on any atom is -0.465 e. The SMILES string of the molecule is COC(=O)c1ccccc1NC(=O)c1cnc(N2CCN(C=O)CC2)nc1. The Bertz CT molecular complexity index is 832. The maximum atomic E-state index is 12.4. The van der Waals surface area contributed by atoms with E-state index < -0.39 is 11.9 Å². The molecule has 2 aromatic rings. The zero-order chi connectivity index (χ0) is 19.2. The van der Waals surface area contributed by atoms with Crippen molar-refractivity contribution in [3.05, 3.63) is 47.8 Å². The van der Waals surface area contributed by atoms with E-state index >= 15 is 0 Å². The Kier molecular flexibility index (Phi) is 5.60. The van der Waals surface area contributed by atoms with Gasteiger partial charge < -0.3 is 19.9 Å². The van der Waals surface area contributed by atoms with Crippen LogP contribution < -0.4 is 10.2 Å². The molecule has 1 fully saturated rings. The zero-order valence-corrected chi connectivity index (χ0v) is 14.8. The van der Waals surface area contributed by atoms with Crippen LogP contribution in [0.3, 0.4) is 0 Å². The van der Waals surface area contributed by atoms with Crippen LogP contribution in [0.1, 0.15) is 20.7 Å². The lowest BCUT2D eigenvalue weighted by molar-refractivity contribution is -0.118. The number of ether oxygens (including phenoxy) is 1. The molecule has 2 heterocycles. The second-order valence-corrected chi connectivity index (χ2v) is 5.89. The fraction of sp³-hybridized carbons (Fsp3) is 0.278. The van der Waals surface area contributed by atoms with Crippen molar-refractivity contribution in [1.29, 1.82) is 0 Å². The highest BCUT2D eigenvalue weighted by atomic mass is 16.5. The lowest BCUT2D eigenvalue weighted by Crippen LogP contribution is -2.46. The van der Waals surface area contributed by atoms with Crippen LogP contribution >= 0.6 is 0 Å². The third-order valence-electron chi connectivity index (χ3n) is 4.23. The van der Waals surface area contributed by atoms with Gasteiger partial charge in [-0.15, -0.1) is 0 Å². The molecular formula is C18H19N5O4. The second-order valence-electron chi connectivity index (χ2n) is 5.89. The number of nitrogens with one attached hydrogen (secondary N) is 1. The van der Waals surface area contributed by atoms with Crippen molar-refractivity contribution in [2.24, 2.45) is 0 Å². The highest BCUT2D eigenvalue weighted by molar-refractivity contribution is 6.07. The molecule has 1 N–H and O–H groups in total. The number of anilines is 2. The number of para-hydroxylation sites is 1. The van der Waals surface area contributed by atoms with Crippen LogP contribution in [0.25, 0.3) is 0 Å². The Morgan fingerprint density at radius 3 is 2.41 bits per heavy atom. The van der Waals surface area contributed by atoms with Crippen molar-refractivity contribution < 1.29 is 19.1 Å². The van der Waals surface area contributed by atoms with Crippen LogP contribution in [0.4, 0.5) is 11.6 Å². The summed E-state index contributed by atoms with van der Waals surface area (Å²) in [5.74, 6) is -0.456. The van der Waals surface area contributed by atoms with Gasteiger partial charge in [0.1, 0.15) is 0 Å².